The third-order valence-corrected chi connectivity index (χ3v) is 10.4. The van der Waals surface area contributed by atoms with Gasteiger partial charge < -0.3 is 14.6 Å². The van der Waals surface area contributed by atoms with Gasteiger partial charge in [-0.15, -0.1) is 0 Å². The Labute approximate surface area is 276 Å². The highest BCUT2D eigenvalue weighted by molar-refractivity contribution is 6.35. The number of ketones is 3. The van der Waals surface area contributed by atoms with Crippen molar-refractivity contribution in [2.75, 3.05) is 14.2 Å². The normalized spacial score (nSPS) is 24.1. The van der Waals surface area contributed by atoms with Gasteiger partial charge in [0.1, 0.15) is 11.3 Å². The standard InChI is InChI=1S/C40H54O6/c1-24(2)13-15-29(27(7)8)22-39-23-30(17-14-25(3)4)38(9,10)40(37(39)44,20-19-26(5)6)36(46-12)33(35(39)43)34(42)28-16-18-32(45-11)31(41)21-28/h13-14,16,18-19,21,29-30,41H,7,15,17,20,22-23H2,1-6,8-12H3/t29-,30+,39+,40-/m1/s1. The molecule has 0 radical (unpaired) electrons. The Bertz CT molecular complexity index is 1520. The van der Waals surface area contributed by atoms with Gasteiger partial charge in [-0.25, -0.2) is 0 Å². The number of phenolic OH excluding ortho intramolecular Hbond substituents is 1. The smallest absolute Gasteiger partial charge is 0.200 e. The first kappa shape index (κ1) is 36.8. The van der Waals surface area contributed by atoms with E-state index in [1.54, 1.807) is 0 Å². The molecule has 0 heterocycles. The van der Waals surface area contributed by atoms with Gasteiger partial charge in [-0.3, -0.25) is 14.4 Å². The molecule has 2 bridgehead atoms. The fourth-order valence-corrected chi connectivity index (χ4v) is 7.51. The van der Waals surface area contributed by atoms with Crippen LogP contribution in [0.25, 0.3) is 0 Å². The third-order valence-electron chi connectivity index (χ3n) is 10.4. The molecule has 0 aromatic heterocycles. The number of hydrogen-bond acceptors (Lipinski definition) is 6. The van der Waals surface area contributed by atoms with Crippen LogP contribution < -0.4 is 4.74 Å². The number of phenols is 1. The van der Waals surface area contributed by atoms with Crippen LogP contribution in [-0.2, 0) is 14.3 Å². The molecule has 1 aromatic carbocycles. The molecule has 0 aliphatic heterocycles. The van der Waals surface area contributed by atoms with E-state index in [-0.39, 0.29) is 52.4 Å². The molecule has 1 N–H and O–H groups in total. The van der Waals surface area contributed by atoms with E-state index in [9.17, 15) is 9.90 Å². The fourth-order valence-electron chi connectivity index (χ4n) is 7.51. The molecule has 1 fully saturated rings. The Hall–Kier alpha value is -3.67. The van der Waals surface area contributed by atoms with Crippen LogP contribution in [0.1, 0.15) is 105 Å². The van der Waals surface area contributed by atoms with Crippen LogP contribution in [0.4, 0.5) is 0 Å². The molecule has 6 nitrogen and oxygen atoms in total. The highest BCUT2D eigenvalue weighted by Crippen LogP contribution is 2.68. The van der Waals surface area contributed by atoms with Gasteiger partial charge in [0.15, 0.2) is 28.8 Å². The van der Waals surface area contributed by atoms with Crippen molar-refractivity contribution < 1.29 is 29.0 Å². The number of carbonyl (C=O) groups is 3. The summed E-state index contributed by atoms with van der Waals surface area (Å²) in [6.45, 7) is 22.5. The average molecular weight is 631 g/mol. The Balaban J connectivity index is 2.50. The molecule has 0 saturated heterocycles. The number of benzene rings is 1. The molecular weight excluding hydrogens is 576 g/mol. The van der Waals surface area contributed by atoms with Gasteiger partial charge in [-0.2, -0.15) is 0 Å². The number of rotatable bonds is 13. The van der Waals surface area contributed by atoms with Crippen molar-refractivity contribution >= 4 is 17.3 Å². The van der Waals surface area contributed by atoms with E-state index < -0.39 is 27.8 Å². The quantitative estimate of drug-likeness (QED) is 0.101. The second-order valence-electron chi connectivity index (χ2n) is 14.7. The molecule has 2 aliphatic carbocycles. The highest BCUT2D eigenvalue weighted by Gasteiger charge is 2.72. The highest BCUT2D eigenvalue weighted by atomic mass is 16.5. The van der Waals surface area contributed by atoms with Crippen molar-refractivity contribution in [2.24, 2.45) is 28.1 Å². The monoisotopic (exact) mass is 630 g/mol. The number of carbonyl (C=O) groups excluding carboxylic acids is 3. The molecule has 1 saturated carbocycles. The first-order valence-electron chi connectivity index (χ1n) is 16.3. The molecule has 4 atom stereocenters. The number of aromatic hydroxyl groups is 1. The van der Waals surface area contributed by atoms with Gasteiger partial charge in [-0.05, 0) is 116 Å². The van der Waals surface area contributed by atoms with Crippen molar-refractivity contribution in [2.45, 2.75) is 94.4 Å². The van der Waals surface area contributed by atoms with E-state index in [4.69, 9.17) is 9.47 Å². The van der Waals surface area contributed by atoms with Crippen molar-refractivity contribution in [1.82, 2.24) is 0 Å². The predicted molar refractivity (Wildman–Crippen MR) is 185 cm³/mol. The summed E-state index contributed by atoms with van der Waals surface area (Å²) in [5.41, 5.74) is 0.794. The molecule has 250 valence electrons. The lowest BCUT2D eigenvalue weighted by atomic mass is 9.39. The topological polar surface area (TPSA) is 89.9 Å². The van der Waals surface area contributed by atoms with E-state index in [2.05, 4.69) is 46.4 Å². The second-order valence-corrected chi connectivity index (χ2v) is 14.7. The lowest BCUT2D eigenvalue weighted by Gasteiger charge is -2.61. The van der Waals surface area contributed by atoms with Gasteiger partial charge in [0, 0.05) is 5.56 Å². The molecule has 2 aliphatic rings. The molecule has 46 heavy (non-hydrogen) atoms. The largest absolute Gasteiger partial charge is 0.504 e. The maximum Gasteiger partial charge on any atom is 0.200 e. The van der Waals surface area contributed by atoms with Crippen LogP contribution in [0.15, 0.2) is 76.6 Å². The number of fused-ring (bicyclic) bond motifs is 2. The predicted octanol–water partition coefficient (Wildman–Crippen LogP) is 9.31. The number of allylic oxidation sites excluding steroid dienone is 9. The van der Waals surface area contributed by atoms with Gasteiger partial charge in [0.25, 0.3) is 0 Å². The van der Waals surface area contributed by atoms with Crippen molar-refractivity contribution in [3.8, 4) is 11.5 Å². The van der Waals surface area contributed by atoms with E-state index in [0.29, 0.717) is 25.7 Å². The van der Waals surface area contributed by atoms with E-state index in [0.717, 1.165) is 22.3 Å². The summed E-state index contributed by atoms with van der Waals surface area (Å²) in [6.07, 6.45) is 8.53. The summed E-state index contributed by atoms with van der Waals surface area (Å²) in [7, 11) is 2.88. The summed E-state index contributed by atoms with van der Waals surface area (Å²) in [5, 5.41) is 10.6. The van der Waals surface area contributed by atoms with Crippen LogP contribution in [-0.4, -0.2) is 36.7 Å². The maximum absolute atomic E-state index is 15.5. The minimum absolute atomic E-state index is 0.0596. The van der Waals surface area contributed by atoms with Crippen LogP contribution in [0.5, 0.6) is 11.5 Å². The van der Waals surface area contributed by atoms with Crippen molar-refractivity contribution in [3.63, 3.8) is 0 Å². The summed E-state index contributed by atoms with van der Waals surface area (Å²) < 4.78 is 11.3. The number of ether oxygens (including phenoxy) is 2. The van der Waals surface area contributed by atoms with Crippen LogP contribution in [0, 0.1) is 28.1 Å². The number of hydrogen-bond donors (Lipinski definition) is 1. The zero-order valence-electron chi connectivity index (χ0n) is 29.8. The van der Waals surface area contributed by atoms with E-state index in [1.165, 1.54) is 32.4 Å². The number of Topliss-reactive ketones (excluding diaryl/α,β-unsaturated/α-hetero) is 3. The zero-order valence-corrected chi connectivity index (χ0v) is 29.8. The first-order chi connectivity index (χ1) is 21.4. The fraction of sp³-hybridized carbons (Fsp3) is 0.525. The Kier molecular flexibility index (Phi) is 11.2. The lowest BCUT2D eigenvalue weighted by Crippen LogP contribution is -2.67. The minimum atomic E-state index is -1.47. The zero-order chi connectivity index (χ0) is 34.8. The molecule has 0 amide bonds. The summed E-state index contributed by atoms with van der Waals surface area (Å²) in [6, 6.07) is 4.34. The van der Waals surface area contributed by atoms with E-state index >= 15 is 9.59 Å². The van der Waals surface area contributed by atoms with Gasteiger partial charge >= 0.3 is 0 Å². The van der Waals surface area contributed by atoms with Gasteiger partial charge in [0.05, 0.1) is 25.0 Å². The number of methoxy groups -OCH3 is 2. The molecule has 0 unspecified atom stereocenters. The second kappa shape index (κ2) is 14.0. The van der Waals surface area contributed by atoms with Gasteiger partial charge in [-0.1, -0.05) is 60.9 Å². The minimum Gasteiger partial charge on any atom is -0.504 e. The Morgan fingerprint density at radius 2 is 1.59 bits per heavy atom. The van der Waals surface area contributed by atoms with Crippen LogP contribution >= 0.6 is 0 Å². The Morgan fingerprint density at radius 1 is 0.978 bits per heavy atom. The van der Waals surface area contributed by atoms with Crippen molar-refractivity contribution in [1.29, 1.82) is 0 Å². The van der Waals surface area contributed by atoms with Crippen LogP contribution in [0.3, 0.4) is 0 Å². The maximum atomic E-state index is 15.5. The third kappa shape index (κ3) is 6.45. The molecule has 3 rings (SSSR count). The van der Waals surface area contributed by atoms with Gasteiger partial charge in [0.2, 0.25) is 0 Å². The summed E-state index contributed by atoms with van der Waals surface area (Å²) >= 11 is 0. The molecule has 6 heteroatoms. The molecule has 1 aromatic rings. The lowest BCUT2D eigenvalue weighted by molar-refractivity contribution is -0.171. The molecule has 0 spiro atoms. The average Bonchev–Trinajstić information content (AvgIpc) is 2.97. The summed E-state index contributed by atoms with van der Waals surface area (Å²) in [4.78, 5) is 45.2. The Morgan fingerprint density at radius 3 is 2.09 bits per heavy atom. The van der Waals surface area contributed by atoms with Crippen LogP contribution in [0.2, 0.25) is 0 Å². The van der Waals surface area contributed by atoms with Crippen molar-refractivity contribution in [3.05, 3.63) is 82.2 Å². The van der Waals surface area contributed by atoms with E-state index in [1.807, 2.05) is 40.7 Å². The summed E-state index contributed by atoms with van der Waals surface area (Å²) in [5.74, 6) is -1.34. The SMILES string of the molecule is C=C(C)[C@H](CC=C(C)C)C[C@@]12C[C@H](CC=C(C)C)C(C)(C)[C@@](CC=C(C)C)(C1=O)C(OC)=C(C(=O)c1ccc(OC)c(O)c1)C2=O. The molecular formula is C40H54O6. The first-order valence-corrected chi connectivity index (χ1v) is 16.3.